The van der Waals surface area contributed by atoms with Crippen LogP contribution in [0.5, 0.6) is 0 Å². The Morgan fingerprint density at radius 2 is 1.76 bits per heavy atom. The van der Waals surface area contributed by atoms with Gasteiger partial charge in [0.2, 0.25) is 0 Å². The van der Waals surface area contributed by atoms with Crippen molar-refractivity contribution in [3.05, 3.63) is 29.8 Å². The average Bonchev–Trinajstić information content (AvgIpc) is 2.42. The fraction of sp³-hybridized carbons (Fsp3) is 0.529. The molecule has 4 nitrogen and oxygen atoms in total. The fourth-order valence-corrected chi connectivity index (χ4v) is 3.00. The van der Waals surface area contributed by atoms with E-state index in [1.165, 1.54) is 13.3 Å². The quantitative estimate of drug-likeness (QED) is 0.830. The number of ketones is 1. The number of nitrogens with one attached hydrogen (secondary N) is 2. The molecule has 1 fully saturated rings. The predicted molar refractivity (Wildman–Crippen MR) is 84.6 cm³/mol. The smallest absolute Gasteiger partial charge is 0.319 e. The molecule has 1 aliphatic carbocycles. The fourth-order valence-electron chi connectivity index (χ4n) is 3.00. The summed E-state index contributed by atoms with van der Waals surface area (Å²) in [6, 6.07) is 7.03. The number of Topliss-reactive ketones (excluding diaryl/α,β-unsaturated/α-hetero) is 1. The van der Waals surface area contributed by atoms with Crippen LogP contribution in [0.1, 0.15) is 50.4 Å². The van der Waals surface area contributed by atoms with Gasteiger partial charge in [-0.25, -0.2) is 4.79 Å². The summed E-state index contributed by atoms with van der Waals surface area (Å²) in [7, 11) is 0. The molecule has 1 aromatic carbocycles. The molecule has 0 bridgehead atoms. The van der Waals surface area contributed by atoms with Gasteiger partial charge < -0.3 is 10.6 Å². The SMILES string of the molecule is CC(=O)c1ccc(NC(=O)NC2CCC(C)CC2C)cc1. The van der Waals surface area contributed by atoms with Crippen LogP contribution in [-0.4, -0.2) is 17.9 Å². The van der Waals surface area contributed by atoms with Crippen LogP contribution in [0.3, 0.4) is 0 Å². The molecule has 1 aliphatic rings. The summed E-state index contributed by atoms with van der Waals surface area (Å²) in [5.74, 6) is 1.29. The minimum atomic E-state index is -0.169. The maximum absolute atomic E-state index is 12.0. The van der Waals surface area contributed by atoms with E-state index in [1.807, 2.05) is 0 Å². The second kappa shape index (κ2) is 6.74. The second-order valence-electron chi connectivity index (χ2n) is 6.23. The number of hydrogen-bond acceptors (Lipinski definition) is 2. The van der Waals surface area contributed by atoms with E-state index in [2.05, 4.69) is 24.5 Å². The van der Waals surface area contributed by atoms with Crippen molar-refractivity contribution in [2.24, 2.45) is 11.8 Å². The minimum absolute atomic E-state index is 0.0242. The summed E-state index contributed by atoms with van der Waals surface area (Å²) in [4.78, 5) is 23.2. The molecule has 0 radical (unpaired) electrons. The Kier molecular flexibility index (Phi) is 4.99. The van der Waals surface area contributed by atoms with Crippen molar-refractivity contribution in [1.29, 1.82) is 0 Å². The molecule has 0 aliphatic heterocycles. The zero-order valence-electron chi connectivity index (χ0n) is 13.0. The first-order valence-corrected chi connectivity index (χ1v) is 7.64. The highest BCUT2D eigenvalue weighted by atomic mass is 16.2. The Morgan fingerprint density at radius 1 is 1.10 bits per heavy atom. The second-order valence-corrected chi connectivity index (χ2v) is 6.23. The van der Waals surface area contributed by atoms with E-state index in [0.717, 1.165) is 18.8 Å². The van der Waals surface area contributed by atoms with Crippen LogP contribution >= 0.6 is 0 Å². The zero-order chi connectivity index (χ0) is 15.4. The first-order chi connectivity index (χ1) is 9.95. The van der Waals surface area contributed by atoms with Crippen LogP contribution in [0.25, 0.3) is 0 Å². The first-order valence-electron chi connectivity index (χ1n) is 7.64. The number of amides is 2. The number of rotatable bonds is 3. The van der Waals surface area contributed by atoms with Crippen molar-refractivity contribution >= 4 is 17.5 Å². The lowest BCUT2D eigenvalue weighted by Crippen LogP contribution is -2.44. The van der Waals surface area contributed by atoms with Gasteiger partial charge in [0.1, 0.15) is 0 Å². The van der Waals surface area contributed by atoms with E-state index in [9.17, 15) is 9.59 Å². The molecule has 0 heterocycles. The molecule has 0 spiro atoms. The normalized spacial score (nSPS) is 25.2. The minimum Gasteiger partial charge on any atom is -0.335 e. The van der Waals surface area contributed by atoms with Gasteiger partial charge in [0.05, 0.1) is 0 Å². The van der Waals surface area contributed by atoms with Gasteiger partial charge in [0.15, 0.2) is 5.78 Å². The molecule has 3 unspecified atom stereocenters. The molecule has 2 rings (SSSR count). The number of urea groups is 1. The van der Waals surface area contributed by atoms with E-state index in [1.54, 1.807) is 24.3 Å². The lowest BCUT2D eigenvalue weighted by molar-refractivity contribution is 0.101. The molecule has 1 aromatic rings. The van der Waals surface area contributed by atoms with Gasteiger partial charge >= 0.3 is 6.03 Å². The monoisotopic (exact) mass is 288 g/mol. The number of anilines is 1. The van der Waals surface area contributed by atoms with Crippen molar-refractivity contribution in [3.63, 3.8) is 0 Å². The molecular weight excluding hydrogens is 264 g/mol. The summed E-state index contributed by atoms with van der Waals surface area (Å²) in [6.45, 7) is 5.99. The van der Waals surface area contributed by atoms with Crippen LogP contribution in [0.15, 0.2) is 24.3 Å². The van der Waals surface area contributed by atoms with E-state index in [-0.39, 0.29) is 17.9 Å². The van der Waals surface area contributed by atoms with Crippen molar-refractivity contribution in [3.8, 4) is 0 Å². The summed E-state index contributed by atoms with van der Waals surface area (Å²) < 4.78 is 0. The Balaban J connectivity index is 1.88. The maximum atomic E-state index is 12.0. The Bertz CT molecular complexity index is 510. The van der Waals surface area contributed by atoms with Gasteiger partial charge in [0, 0.05) is 17.3 Å². The maximum Gasteiger partial charge on any atom is 0.319 e. The molecule has 3 atom stereocenters. The third-order valence-electron chi connectivity index (χ3n) is 4.30. The summed E-state index contributed by atoms with van der Waals surface area (Å²) in [6.07, 6.45) is 3.37. The van der Waals surface area contributed by atoms with E-state index >= 15 is 0 Å². The topological polar surface area (TPSA) is 58.2 Å². The molecule has 114 valence electrons. The van der Waals surface area contributed by atoms with Crippen molar-refractivity contribution in [1.82, 2.24) is 5.32 Å². The largest absolute Gasteiger partial charge is 0.335 e. The summed E-state index contributed by atoms with van der Waals surface area (Å²) in [5.41, 5.74) is 1.35. The average molecular weight is 288 g/mol. The molecule has 0 saturated heterocycles. The van der Waals surface area contributed by atoms with E-state index in [0.29, 0.717) is 17.2 Å². The van der Waals surface area contributed by atoms with E-state index in [4.69, 9.17) is 0 Å². The Hall–Kier alpha value is -1.84. The molecule has 21 heavy (non-hydrogen) atoms. The van der Waals surface area contributed by atoms with Gasteiger partial charge in [-0.05, 0) is 62.3 Å². The van der Waals surface area contributed by atoms with Crippen molar-refractivity contribution in [2.45, 2.75) is 46.1 Å². The molecule has 2 N–H and O–H groups in total. The molecule has 4 heteroatoms. The van der Waals surface area contributed by atoms with Crippen LogP contribution in [-0.2, 0) is 0 Å². The first kappa shape index (κ1) is 15.5. The zero-order valence-corrected chi connectivity index (χ0v) is 13.0. The number of carbonyl (C=O) groups is 2. The van der Waals surface area contributed by atoms with Gasteiger partial charge in [0.25, 0.3) is 0 Å². The third-order valence-corrected chi connectivity index (χ3v) is 4.30. The molecule has 0 aromatic heterocycles. The molecule has 1 saturated carbocycles. The number of benzene rings is 1. The highest BCUT2D eigenvalue weighted by Gasteiger charge is 2.26. The lowest BCUT2D eigenvalue weighted by atomic mass is 9.80. The predicted octanol–water partition coefficient (Wildman–Crippen LogP) is 3.84. The summed E-state index contributed by atoms with van der Waals surface area (Å²) in [5, 5.41) is 5.88. The molecular formula is C17H24N2O2. The lowest BCUT2D eigenvalue weighted by Gasteiger charge is -2.33. The van der Waals surface area contributed by atoms with E-state index < -0.39 is 0 Å². The van der Waals surface area contributed by atoms with Crippen molar-refractivity contribution in [2.75, 3.05) is 5.32 Å². The highest BCUT2D eigenvalue weighted by molar-refractivity contribution is 5.95. The van der Waals surface area contributed by atoms with Gasteiger partial charge in [-0.15, -0.1) is 0 Å². The third kappa shape index (κ3) is 4.31. The highest BCUT2D eigenvalue weighted by Crippen LogP contribution is 2.28. The van der Waals surface area contributed by atoms with Crippen molar-refractivity contribution < 1.29 is 9.59 Å². The number of carbonyl (C=O) groups excluding carboxylic acids is 2. The van der Waals surface area contributed by atoms with Crippen LogP contribution < -0.4 is 10.6 Å². The van der Waals surface area contributed by atoms with Crippen LogP contribution in [0.4, 0.5) is 10.5 Å². The standard InChI is InChI=1S/C17H24N2O2/c1-11-4-9-16(12(2)10-11)19-17(21)18-15-7-5-14(6-8-15)13(3)20/h5-8,11-12,16H,4,9-10H2,1-3H3,(H2,18,19,21). The van der Waals surface area contributed by atoms with Gasteiger partial charge in [-0.2, -0.15) is 0 Å². The number of hydrogen-bond donors (Lipinski definition) is 2. The van der Waals surface area contributed by atoms with Gasteiger partial charge in [-0.1, -0.05) is 13.8 Å². The van der Waals surface area contributed by atoms with Gasteiger partial charge in [-0.3, -0.25) is 4.79 Å². The van der Waals surface area contributed by atoms with Crippen LogP contribution in [0, 0.1) is 11.8 Å². The Labute approximate surface area is 126 Å². The summed E-state index contributed by atoms with van der Waals surface area (Å²) >= 11 is 0. The Morgan fingerprint density at radius 3 is 2.33 bits per heavy atom. The van der Waals surface area contributed by atoms with Crippen LogP contribution in [0.2, 0.25) is 0 Å². The molecule has 2 amide bonds.